The first-order valence-corrected chi connectivity index (χ1v) is 9.38. The summed E-state index contributed by atoms with van der Waals surface area (Å²) in [6.07, 6.45) is 5.34. The number of hydrogen-bond acceptors (Lipinski definition) is 3. The molecule has 1 unspecified atom stereocenters. The van der Waals surface area contributed by atoms with E-state index in [0.717, 1.165) is 31.5 Å². The average molecular weight is 321 g/mol. The topological polar surface area (TPSA) is 39.7 Å². The van der Waals surface area contributed by atoms with Gasteiger partial charge in [-0.25, -0.2) is 0 Å². The first-order chi connectivity index (χ1) is 10.8. The fraction of sp³-hybridized carbons (Fsp3) is 0.706. The maximum absolute atomic E-state index is 4.34. The Hall–Kier alpha value is -1.07. The molecule has 22 heavy (non-hydrogen) atoms. The van der Waals surface area contributed by atoms with Crippen molar-refractivity contribution in [3.05, 3.63) is 21.9 Å². The highest BCUT2D eigenvalue weighted by molar-refractivity contribution is 7.10. The van der Waals surface area contributed by atoms with Crippen LogP contribution in [0.5, 0.6) is 0 Å². The normalized spacial score (nSPS) is 21.1. The number of nitrogens with one attached hydrogen (secondary N) is 2. The fourth-order valence-corrected chi connectivity index (χ4v) is 4.07. The Bertz CT molecular complexity index is 507. The van der Waals surface area contributed by atoms with Gasteiger partial charge in [0.05, 0.1) is 0 Å². The van der Waals surface area contributed by atoms with Crippen molar-refractivity contribution in [3.63, 3.8) is 0 Å². The largest absolute Gasteiger partial charge is 0.356 e. The second kappa shape index (κ2) is 7.47. The molecular formula is C17H28N4S. The van der Waals surface area contributed by atoms with Crippen molar-refractivity contribution in [2.45, 2.75) is 45.2 Å². The van der Waals surface area contributed by atoms with Gasteiger partial charge in [-0.05, 0) is 49.1 Å². The zero-order valence-electron chi connectivity index (χ0n) is 13.8. The van der Waals surface area contributed by atoms with Gasteiger partial charge < -0.3 is 10.6 Å². The van der Waals surface area contributed by atoms with E-state index in [4.69, 9.17) is 0 Å². The van der Waals surface area contributed by atoms with E-state index in [9.17, 15) is 0 Å². The van der Waals surface area contributed by atoms with Crippen molar-refractivity contribution in [2.75, 3.05) is 26.7 Å². The molecule has 1 aliphatic carbocycles. The van der Waals surface area contributed by atoms with Crippen molar-refractivity contribution < 1.29 is 0 Å². The lowest BCUT2D eigenvalue weighted by Gasteiger charge is -2.33. The predicted molar refractivity (Wildman–Crippen MR) is 94.6 cm³/mol. The van der Waals surface area contributed by atoms with Crippen molar-refractivity contribution in [3.8, 4) is 0 Å². The van der Waals surface area contributed by atoms with Gasteiger partial charge >= 0.3 is 0 Å². The van der Waals surface area contributed by atoms with Crippen LogP contribution in [0, 0.1) is 5.92 Å². The molecule has 122 valence electrons. The third-order valence-electron chi connectivity index (χ3n) is 5.03. The predicted octanol–water partition coefficient (Wildman–Crippen LogP) is 2.46. The van der Waals surface area contributed by atoms with Gasteiger partial charge in [-0.3, -0.25) is 9.89 Å². The van der Waals surface area contributed by atoms with Gasteiger partial charge in [0.15, 0.2) is 5.96 Å². The summed E-state index contributed by atoms with van der Waals surface area (Å²) in [5.74, 6) is 1.81. The first kappa shape index (κ1) is 15.8. The van der Waals surface area contributed by atoms with Crippen LogP contribution < -0.4 is 10.6 Å². The van der Waals surface area contributed by atoms with E-state index in [1.807, 2.05) is 18.4 Å². The zero-order valence-corrected chi connectivity index (χ0v) is 14.6. The van der Waals surface area contributed by atoms with Gasteiger partial charge in [-0.15, -0.1) is 11.3 Å². The molecule has 1 aliphatic heterocycles. The Morgan fingerprint density at radius 2 is 2.32 bits per heavy atom. The lowest BCUT2D eigenvalue weighted by Crippen LogP contribution is -2.48. The Labute approximate surface area is 138 Å². The van der Waals surface area contributed by atoms with Crippen molar-refractivity contribution in [1.29, 1.82) is 0 Å². The van der Waals surface area contributed by atoms with Crippen molar-refractivity contribution in [1.82, 2.24) is 15.5 Å². The van der Waals surface area contributed by atoms with E-state index in [2.05, 4.69) is 38.9 Å². The Balaban J connectivity index is 1.42. The van der Waals surface area contributed by atoms with E-state index in [0.29, 0.717) is 6.04 Å². The van der Waals surface area contributed by atoms with Crippen molar-refractivity contribution in [2.24, 2.45) is 10.9 Å². The molecule has 0 amide bonds. The Kier molecular flexibility index (Phi) is 5.37. The molecule has 5 heteroatoms. The van der Waals surface area contributed by atoms with Crippen LogP contribution in [0.2, 0.25) is 0 Å². The third kappa shape index (κ3) is 3.82. The average Bonchev–Trinajstić information content (AvgIpc) is 2.96. The first-order valence-electron chi connectivity index (χ1n) is 8.50. The second-order valence-corrected chi connectivity index (χ2v) is 7.57. The molecule has 2 aliphatic rings. The van der Waals surface area contributed by atoms with Gasteiger partial charge in [-0.2, -0.15) is 0 Å². The van der Waals surface area contributed by atoms with Crippen LogP contribution in [0.15, 0.2) is 16.4 Å². The van der Waals surface area contributed by atoms with E-state index >= 15 is 0 Å². The smallest absolute Gasteiger partial charge is 0.191 e. The van der Waals surface area contributed by atoms with Crippen LogP contribution in [0.1, 0.15) is 36.6 Å². The van der Waals surface area contributed by atoms with E-state index in [1.165, 1.54) is 37.8 Å². The monoisotopic (exact) mass is 320 g/mol. The fourth-order valence-electron chi connectivity index (χ4n) is 3.18. The molecular weight excluding hydrogens is 292 g/mol. The highest BCUT2D eigenvalue weighted by atomic mass is 32.1. The molecule has 1 aromatic heterocycles. The van der Waals surface area contributed by atoms with Gasteiger partial charge in [0, 0.05) is 44.1 Å². The minimum Gasteiger partial charge on any atom is -0.356 e. The molecule has 0 spiro atoms. The van der Waals surface area contributed by atoms with Crippen LogP contribution in [0.4, 0.5) is 0 Å². The van der Waals surface area contributed by atoms with E-state index < -0.39 is 0 Å². The maximum atomic E-state index is 4.34. The SMILES string of the molecule is CN=C(NCC1CCC1)NCC(C)N1CCc2sccc2C1. The number of fused-ring (bicyclic) bond motifs is 1. The highest BCUT2D eigenvalue weighted by Crippen LogP contribution is 2.25. The molecule has 2 heterocycles. The van der Waals surface area contributed by atoms with Crippen LogP contribution >= 0.6 is 11.3 Å². The lowest BCUT2D eigenvalue weighted by atomic mass is 9.85. The summed E-state index contributed by atoms with van der Waals surface area (Å²) in [4.78, 5) is 8.49. The van der Waals surface area contributed by atoms with Crippen LogP contribution in [-0.2, 0) is 13.0 Å². The number of hydrogen-bond donors (Lipinski definition) is 2. The van der Waals surface area contributed by atoms with Crippen LogP contribution in [0.25, 0.3) is 0 Å². The molecule has 1 saturated carbocycles. The van der Waals surface area contributed by atoms with Crippen LogP contribution in [0.3, 0.4) is 0 Å². The third-order valence-corrected chi connectivity index (χ3v) is 6.05. The number of thiophene rings is 1. The minimum atomic E-state index is 0.523. The minimum absolute atomic E-state index is 0.523. The molecule has 1 fully saturated rings. The summed E-state index contributed by atoms with van der Waals surface area (Å²) in [7, 11) is 1.86. The summed E-state index contributed by atoms with van der Waals surface area (Å²) in [5, 5.41) is 9.18. The summed E-state index contributed by atoms with van der Waals surface area (Å²) in [6.45, 7) is 6.59. The lowest BCUT2D eigenvalue weighted by molar-refractivity contribution is 0.192. The second-order valence-electron chi connectivity index (χ2n) is 6.57. The molecule has 3 rings (SSSR count). The number of guanidine groups is 1. The van der Waals surface area contributed by atoms with E-state index in [1.54, 1.807) is 4.88 Å². The summed E-state index contributed by atoms with van der Waals surface area (Å²) in [6, 6.07) is 2.81. The Morgan fingerprint density at radius 1 is 1.45 bits per heavy atom. The quantitative estimate of drug-likeness (QED) is 0.647. The molecule has 2 N–H and O–H groups in total. The van der Waals surface area contributed by atoms with Gasteiger partial charge in [-0.1, -0.05) is 6.42 Å². The molecule has 0 aromatic carbocycles. The molecule has 0 radical (unpaired) electrons. The summed E-state index contributed by atoms with van der Waals surface area (Å²) in [5.41, 5.74) is 1.52. The number of nitrogens with zero attached hydrogens (tertiary/aromatic N) is 2. The van der Waals surface area contributed by atoms with Crippen molar-refractivity contribution >= 4 is 17.3 Å². The standard InChI is InChI=1S/C17H28N4S/c1-13(21-8-6-16-15(12-21)7-9-22-16)10-19-17(18-2)20-11-14-4-3-5-14/h7,9,13-14H,3-6,8,10-12H2,1-2H3,(H2,18,19,20). The highest BCUT2D eigenvalue weighted by Gasteiger charge is 2.22. The van der Waals surface area contributed by atoms with E-state index in [-0.39, 0.29) is 0 Å². The summed E-state index contributed by atoms with van der Waals surface area (Å²) < 4.78 is 0. The van der Waals surface area contributed by atoms with Gasteiger partial charge in [0.25, 0.3) is 0 Å². The number of aliphatic imine (C=N–C) groups is 1. The molecule has 4 nitrogen and oxygen atoms in total. The molecule has 0 bridgehead atoms. The molecule has 1 aromatic rings. The van der Waals surface area contributed by atoms with Gasteiger partial charge in [0.1, 0.15) is 0 Å². The summed E-state index contributed by atoms with van der Waals surface area (Å²) >= 11 is 1.91. The molecule has 1 atom stereocenters. The molecule has 0 saturated heterocycles. The zero-order chi connectivity index (χ0) is 15.4. The number of rotatable bonds is 5. The Morgan fingerprint density at radius 3 is 3.05 bits per heavy atom. The van der Waals surface area contributed by atoms with Crippen LogP contribution in [-0.4, -0.2) is 43.6 Å². The maximum Gasteiger partial charge on any atom is 0.191 e. The van der Waals surface area contributed by atoms with Gasteiger partial charge in [0.2, 0.25) is 0 Å².